The molecule has 1 aromatic heterocycles. The molecule has 1 N–H and O–H groups in total. The zero-order valence-corrected chi connectivity index (χ0v) is 17.7. The second-order valence-electron chi connectivity index (χ2n) is 8.56. The lowest BCUT2D eigenvalue weighted by Crippen LogP contribution is -2.51. The van der Waals surface area contributed by atoms with Gasteiger partial charge in [0.1, 0.15) is 5.69 Å². The van der Waals surface area contributed by atoms with Crippen LogP contribution in [0.3, 0.4) is 0 Å². The molecule has 1 aliphatic rings. The molecule has 1 atom stereocenters. The summed E-state index contributed by atoms with van der Waals surface area (Å²) in [5, 5.41) is 4.16. The summed E-state index contributed by atoms with van der Waals surface area (Å²) < 4.78 is 0. The van der Waals surface area contributed by atoms with Crippen LogP contribution in [-0.4, -0.2) is 28.7 Å². The van der Waals surface area contributed by atoms with E-state index in [1.54, 1.807) is 30.6 Å². The average Bonchev–Trinajstić information content (AvgIpc) is 2.62. The van der Waals surface area contributed by atoms with Crippen LogP contribution in [-0.2, 0) is 0 Å². The van der Waals surface area contributed by atoms with E-state index in [9.17, 15) is 4.79 Å². The Balaban J connectivity index is 1.87. The molecule has 0 unspecified atom stereocenters. The number of nitrogens with zero attached hydrogens (tertiary/aromatic N) is 3. The fourth-order valence-electron chi connectivity index (χ4n) is 4.45. The van der Waals surface area contributed by atoms with E-state index in [1.807, 2.05) is 0 Å². The van der Waals surface area contributed by atoms with Gasteiger partial charge in [-0.3, -0.25) is 9.78 Å². The molecule has 1 amide bonds. The van der Waals surface area contributed by atoms with Crippen molar-refractivity contribution in [2.45, 2.75) is 65.5 Å². The molecule has 28 heavy (non-hydrogen) atoms. The summed E-state index contributed by atoms with van der Waals surface area (Å²) in [5.74, 6) is 0.157. The predicted molar refractivity (Wildman–Crippen MR) is 115 cm³/mol. The standard InChI is InChI=1S/C23H30N4O/c1-15(2)27-21-11-16(3)18(12-19(21)17(4)13-23(27,5)6)14-25-26-22(28)20-9-7-8-10-24-20/h7-12,14-15,17H,13H2,1-6H3,(H,26,28)/b25-14-/t17-/m1/s1. The Morgan fingerprint density at radius 2 is 2.11 bits per heavy atom. The highest BCUT2D eigenvalue weighted by Crippen LogP contribution is 2.45. The van der Waals surface area contributed by atoms with Crippen LogP contribution in [0.4, 0.5) is 5.69 Å². The lowest BCUT2D eigenvalue weighted by atomic mass is 9.78. The third-order valence-electron chi connectivity index (χ3n) is 5.45. The van der Waals surface area contributed by atoms with Crippen LogP contribution in [0.1, 0.15) is 74.1 Å². The predicted octanol–water partition coefficient (Wildman–Crippen LogP) is 4.65. The number of hydrogen-bond donors (Lipinski definition) is 1. The molecule has 148 valence electrons. The quantitative estimate of drug-likeness (QED) is 0.622. The van der Waals surface area contributed by atoms with E-state index < -0.39 is 0 Å². The summed E-state index contributed by atoms with van der Waals surface area (Å²) in [6.07, 6.45) is 4.42. The van der Waals surface area contributed by atoms with Crippen molar-refractivity contribution in [2.75, 3.05) is 4.90 Å². The lowest BCUT2D eigenvalue weighted by Gasteiger charge is -2.50. The first-order valence-corrected chi connectivity index (χ1v) is 9.89. The summed E-state index contributed by atoms with van der Waals surface area (Å²) in [7, 11) is 0. The Hall–Kier alpha value is -2.69. The van der Waals surface area contributed by atoms with Crippen molar-refractivity contribution in [1.82, 2.24) is 10.4 Å². The molecule has 0 radical (unpaired) electrons. The van der Waals surface area contributed by atoms with Crippen LogP contribution in [0.25, 0.3) is 0 Å². The van der Waals surface area contributed by atoms with Crippen LogP contribution in [0.5, 0.6) is 0 Å². The monoisotopic (exact) mass is 378 g/mol. The molecule has 3 rings (SSSR count). The third kappa shape index (κ3) is 3.93. The zero-order valence-electron chi connectivity index (χ0n) is 17.7. The van der Waals surface area contributed by atoms with Crippen molar-refractivity contribution in [1.29, 1.82) is 0 Å². The fraction of sp³-hybridized carbons (Fsp3) is 0.435. The van der Waals surface area contributed by atoms with Gasteiger partial charge in [0, 0.05) is 23.5 Å². The van der Waals surface area contributed by atoms with E-state index in [2.05, 4.69) is 74.1 Å². The molecule has 1 aromatic carbocycles. The second-order valence-corrected chi connectivity index (χ2v) is 8.56. The average molecular weight is 379 g/mol. The van der Waals surface area contributed by atoms with E-state index >= 15 is 0 Å². The number of fused-ring (bicyclic) bond motifs is 1. The molecule has 0 aliphatic carbocycles. The molecular weight excluding hydrogens is 348 g/mol. The van der Waals surface area contributed by atoms with Gasteiger partial charge in [-0.25, -0.2) is 5.43 Å². The number of nitrogens with one attached hydrogen (secondary N) is 1. The number of anilines is 1. The first-order valence-electron chi connectivity index (χ1n) is 9.89. The lowest BCUT2D eigenvalue weighted by molar-refractivity contribution is 0.0950. The molecule has 0 spiro atoms. The Bertz CT molecular complexity index is 887. The third-order valence-corrected chi connectivity index (χ3v) is 5.45. The van der Waals surface area contributed by atoms with Crippen LogP contribution in [0.15, 0.2) is 41.6 Å². The van der Waals surface area contributed by atoms with Crippen LogP contribution in [0.2, 0.25) is 0 Å². The Labute approximate surface area is 167 Å². The Kier molecular flexibility index (Phi) is 5.54. The molecule has 1 aliphatic heterocycles. The van der Waals surface area contributed by atoms with Crippen molar-refractivity contribution in [3.8, 4) is 0 Å². The van der Waals surface area contributed by atoms with Gasteiger partial charge in [-0.1, -0.05) is 13.0 Å². The van der Waals surface area contributed by atoms with Gasteiger partial charge < -0.3 is 4.90 Å². The van der Waals surface area contributed by atoms with Gasteiger partial charge in [-0.2, -0.15) is 5.10 Å². The molecule has 5 nitrogen and oxygen atoms in total. The molecule has 2 heterocycles. The van der Waals surface area contributed by atoms with Crippen molar-refractivity contribution in [2.24, 2.45) is 5.10 Å². The number of benzene rings is 1. The molecule has 0 saturated carbocycles. The number of hydrogen-bond acceptors (Lipinski definition) is 4. The van der Waals surface area contributed by atoms with Gasteiger partial charge in [0.2, 0.25) is 0 Å². The molecule has 2 aromatic rings. The summed E-state index contributed by atoms with van der Waals surface area (Å²) in [4.78, 5) is 18.7. The first kappa shape index (κ1) is 20.1. The largest absolute Gasteiger partial charge is 0.364 e. The van der Waals surface area contributed by atoms with Gasteiger partial charge in [0.15, 0.2) is 0 Å². The summed E-state index contributed by atoms with van der Waals surface area (Å²) in [6.45, 7) is 13.5. The van der Waals surface area contributed by atoms with E-state index in [-0.39, 0.29) is 11.4 Å². The van der Waals surface area contributed by atoms with Gasteiger partial charge in [0.05, 0.1) is 6.21 Å². The van der Waals surface area contributed by atoms with Gasteiger partial charge >= 0.3 is 0 Å². The Morgan fingerprint density at radius 1 is 1.36 bits per heavy atom. The van der Waals surface area contributed by atoms with E-state index in [4.69, 9.17) is 0 Å². The van der Waals surface area contributed by atoms with E-state index in [0.29, 0.717) is 17.7 Å². The van der Waals surface area contributed by atoms with Crippen molar-refractivity contribution in [3.05, 3.63) is 58.9 Å². The zero-order chi connectivity index (χ0) is 20.5. The maximum Gasteiger partial charge on any atom is 0.289 e. The van der Waals surface area contributed by atoms with Crippen LogP contribution in [0, 0.1) is 6.92 Å². The van der Waals surface area contributed by atoms with E-state index in [0.717, 1.165) is 17.5 Å². The molecule has 0 fully saturated rings. The molecule has 5 heteroatoms. The summed E-state index contributed by atoms with van der Waals surface area (Å²) >= 11 is 0. The Morgan fingerprint density at radius 3 is 2.75 bits per heavy atom. The number of hydrazone groups is 1. The summed E-state index contributed by atoms with van der Waals surface area (Å²) in [6, 6.07) is 10.1. The number of aromatic nitrogens is 1. The van der Waals surface area contributed by atoms with Gasteiger partial charge in [0.25, 0.3) is 5.91 Å². The SMILES string of the molecule is Cc1cc2c(cc1/C=N\NC(=O)c1ccccn1)[C@H](C)CC(C)(C)N2C(C)C. The minimum atomic E-state index is -0.312. The topological polar surface area (TPSA) is 57.6 Å². The maximum atomic E-state index is 12.1. The molecule has 0 bridgehead atoms. The molecular formula is C23H30N4O. The van der Waals surface area contributed by atoms with Gasteiger partial charge in [-0.05, 0) is 87.9 Å². The number of pyridine rings is 1. The van der Waals surface area contributed by atoms with Gasteiger partial charge in [-0.15, -0.1) is 0 Å². The minimum Gasteiger partial charge on any atom is -0.364 e. The number of carbonyl (C=O) groups is 1. The van der Waals surface area contributed by atoms with E-state index in [1.165, 1.54) is 11.3 Å². The highest BCUT2D eigenvalue weighted by atomic mass is 16.2. The number of rotatable bonds is 4. The smallest absolute Gasteiger partial charge is 0.289 e. The van der Waals surface area contributed by atoms with Crippen molar-refractivity contribution < 1.29 is 4.79 Å². The van der Waals surface area contributed by atoms with Crippen LogP contribution < -0.4 is 10.3 Å². The van der Waals surface area contributed by atoms with Crippen molar-refractivity contribution >= 4 is 17.8 Å². The highest BCUT2D eigenvalue weighted by Gasteiger charge is 2.37. The highest BCUT2D eigenvalue weighted by molar-refractivity contribution is 5.93. The summed E-state index contributed by atoms with van der Waals surface area (Å²) in [5.41, 5.74) is 7.86. The second kappa shape index (κ2) is 7.74. The van der Waals surface area contributed by atoms with Crippen LogP contribution >= 0.6 is 0 Å². The minimum absolute atomic E-state index is 0.124. The molecule has 0 saturated heterocycles. The number of amides is 1. The van der Waals surface area contributed by atoms with Crippen molar-refractivity contribution in [3.63, 3.8) is 0 Å². The number of aryl methyl sites for hydroxylation is 1. The first-order chi connectivity index (χ1) is 13.2. The normalized spacial score (nSPS) is 18.4. The maximum absolute atomic E-state index is 12.1. The number of carbonyl (C=O) groups excluding carboxylic acids is 1. The fourth-order valence-corrected chi connectivity index (χ4v) is 4.45.